The molecule has 0 radical (unpaired) electrons. The van der Waals surface area contributed by atoms with Crippen molar-refractivity contribution >= 4 is 17.4 Å². The van der Waals surface area contributed by atoms with Crippen LogP contribution >= 0.6 is 11.3 Å². The molecule has 0 saturated carbocycles. The van der Waals surface area contributed by atoms with Crippen LogP contribution in [0.2, 0.25) is 0 Å². The SMILES string of the molecule is CC(C)(C)OC(=O)NCC1CCc2sccc21. The van der Waals surface area contributed by atoms with Crippen molar-refractivity contribution in [2.45, 2.75) is 45.1 Å². The summed E-state index contributed by atoms with van der Waals surface area (Å²) in [6, 6.07) is 2.18. The van der Waals surface area contributed by atoms with Crippen LogP contribution in [0.1, 0.15) is 43.6 Å². The van der Waals surface area contributed by atoms with Gasteiger partial charge in [0.1, 0.15) is 5.60 Å². The first-order valence-corrected chi connectivity index (χ1v) is 6.87. The minimum Gasteiger partial charge on any atom is -0.444 e. The molecule has 1 aromatic rings. The summed E-state index contributed by atoms with van der Waals surface area (Å²) < 4.78 is 5.22. The molecule has 1 aliphatic carbocycles. The van der Waals surface area contributed by atoms with Gasteiger partial charge in [-0.3, -0.25) is 0 Å². The maximum Gasteiger partial charge on any atom is 0.407 e. The Morgan fingerprint density at radius 2 is 2.35 bits per heavy atom. The van der Waals surface area contributed by atoms with Crippen molar-refractivity contribution < 1.29 is 9.53 Å². The molecule has 94 valence electrons. The second-order valence-electron chi connectivity index (χ2n) is 5.42. The molecule has 0 fully saturated rings. The fraction of sp³-hybridized carbons (Fsp3) is 0.615. The van der Waals surface area contributed by atoms with Crippen LogP contribution in [0, 0.1) is 0 Å². The molecule has 0 spiro atoms. The van der Waals surface area contributed by atoms with Crippen molar-refractivity contribution in [2.75, 3.05) is 6.54 Å². The zero-order valence-corrected chi connectivity index (χ0v) is 11.4. The Morgan fingerprint density at radius 1 is 1.59 bits per heavy atom. The third-order valence-corrected chi connectivity index (χ3v) is 3.83. The summed E-state index contributed by atoms with van der Waals surface area (Å²) in [6.45, 7) is 6.30. The molecule has 1 unspecified atom stereocenters. The number of nitrogens with one attached hydrogen (secondary N) is 1. The molecule has 2 rings (SSSR count). The van der Waals surface area contributed by atoms with Crippen molar-refractivity contribution in [3.05, 3.63) is 21.9 Å². The van der Waals surface area contributed by atoms with E-state index in [1.165, 1.54) is 10.4 Å². The molecule has 4 heteroatoms. The first-order valence-electron chi connectivity index (χ1n) is 5.99. The Hall–Kier alpha value is -1.03. The van der Waals surface area contributed by atoms with Crippen LogP contribution in [0.3, 0.4) is 0 Å². The minimum absolute atomic E-state index is 0.318. The lowest BCUT2D eigenvalue weighted by Gasteiger charge is -2.20. The van der Waals surface area contributed by atoms with Crippen LogP contribution in [0.15, 0.2) is 11.4 Å². The second kappa shape index (κ2) is 4.69. The third-order valence-electron chi connectivity index (χ3n) is 2.83. The Bertz CT molecular complexity index is 406. The highest BCUT2D eigenvalue weighted by molar-refractivity contribution is 7.10. The number of thiophene rings is 1. The summed E-state index contributed by atoms with van der Waals surface area (Å²) in [5.74, 6) is 0.462. The van der Waals surface area contributed by atoms with Crippen LogP contribution in [-0.2, 0) is 11.2 Å². The zero-order chi connectivity index (χ0) is 12.5. The van der Waals surface area contributed by atoms with E-state index in [4.69, 9.17) is 4.74 Å². The van der Waals surface area contributed by atoms with E-state index in [1.807, 2.05) is 32.1 Å². The van der Waals surface area contributed by atoms with Gasteiger partial charge in [0.15, 0.2) is 0 Å². The number of hydrogen-bond acceptors (Lipinski definition) is 3. The largest absolute Gasteiger partial charge is 0.444 e. The van der Waals surface area contributed by atoms with Crippen molar-refractivity contribution in [3.8, 4) is 0 Å². The smallest absolute Gasteiger partial charge is 0.407 e. The van der Waals surface area contributed by atoms with Gasteiger partial charge in [-0.05, 0) is 50.6 Å². The summed E-state index contributed by atoms with van der Waals surface area (Å²) in [5.41, 5.74) is 0.985. The maximum absolute atomic E-state index is 11.5. The van der Waals surface area contributed by atoms with Crippen molar-refractivity contribution in [1.82, 2.24) is 5.32 Å². The van der Waals surface area contributed by atoms with Crippen LogP contribution in [0.4, 0.5) is 4.79 Å². The van der Waals surface area contributed by atoms with E-state index in [-0.39, 0.29) is 6.09 Å². The minimum atomic E-state index is -0.423. The van der Waals surface area contributed by atoms with Gasteiger partial charge < -0.3 is 10.1 Å². The van der Waals surface area contributed by atoms with Crippen LogP contribution in [-0.4, -0.2) is 18.2 Å². The molecule has 1 aromatic heterocycles. The summed E-state index contributed by atoms with van der Waals surface area (Å²) >= 11 is 1.82. The van der Waals surface area contributed by atoms with E-state index >= 15 is 0 Å². The average Bonchev–Trinajstić information content (AvgIpc) is 2.73. The highest BCUT2D eigenvalue weighted by atomic mass is 32.1. The van der Waals surface area contributed by atoms with Crippen molar-refractivity contribution in [1.29, 1.82) is 0 Å². The summed E-state index contributed by atoms with van der Waals surface area (Å²) in [7, 11) is 0. The fourth-order valence-electron chi connectivity index (χ4n) is 2.11. The molecule has 3 nitrogen and oxygen atoms in total. The number of carbonyl (C=O) groups excluding carboxylic acids is 1. The number of hydrogen-bond donors (Lipinski definition) is 1. The average molecular weight is 253 g/mol. The fourth-order valence-corrected chi connectivity index (χ4v) is 3.10. The van der Waals surface area contributed by atoms with Crippen LogP contribution < -0.4 is 5.32 Å². The Labute approximate surface area is 106 Å². The third kappa shape index (κ3) is 3.22. The monoisotopic (exact) mass is 253 g/mol. The molecule has 1 N–H and O–H groups in total. The molecule has 1 atom stereocenters. The predicted octanol–water partition coefficient (Wildman–Crippen LogP) is 3.30. The molecule has 0 aliphatic heterocycles. The lowest BCUT2D eigenvalue weighted by atomic mass is 10.0. The lowest BCUT2D eigenvalue weighted by Crippen LogP contribution is -2.34. The number of carbonyl (C=O) groups is 1. The number of alkyl carbamates (subject to hydrolysis) is 1. The van der Waals surface area contributed by atoms with Gasteiger partial charge in [0.25, 0.3) is 0 Å². The zero-order valence-electron chi connectivity index (χ0n) is 10.6. The van der Waals surface area contributed by atoms with Gasteiger partial charge in [-0.15, -0.1) is 11.3 Å². The van der Waals surface area contributed by atoms with Gasteiger partial charge in [-0.1, -0.05) is 0 Å². The molecule has 17 heavy (non-hydrogen) atoms. The molecule has 1 heterocycles. The van der Waals surface area contributed by atoms with E-state index in [2.05, 4.69) is 16.8 Å². The first kappa shape index (κ1) is 12.4. The summed E-state index contributed by atoms with van der Waals surface area (Å²) in [6.07, 6.45) is 1.96. The summed E-state index contributed by atoms with van der Waals surface area (Å²) in [5, 5.41) is 4.98. The Balaban J connectivity index is 1.82. The number of aryl methyl sites for hydroxylation is 1. The van der Waals surface area contributed by atoms with Crippen LogP contribution in [0.25, 0.3) is 0 Å². The number of fused-ring (bicyclic) bond motifs is 1. The Kier molecular flexibility index (Phi) is 3.43. The molecule has 1 aliphatic rings. The first-order chi connectivity index (χ1) is 7.96. The highest BCUT2D eigenvalue weighted by Gasteiger charge is 2.24. The van der Waals surface area contributed by atoms with Crippen molar-refractivity contribution in [2.24, 2.45) is 0 Å². The molecular formula is C13H19NO2S. The number of ether oxygens (including phenoxy) is 1. The van der Waals surface area contributed by atoms with Gasteiger partial charge >= 0.3 is 6.09 Å². The molecule has 0 aromatic carbocycles. The predicted molar refractivity (Wildman–Crippen MR) is 69.6 cm³/mol. The molecule has 0 saturated heterocycles. The highest BCUT2D eigenvalue weighted by Crippen LogP contribution is 2.35. The molecule has 0 bridgehead atoms. The van der Waals surface area contributed by atoms with Gasteiger partial charge in [0.2, 0.25) is 0 Å². The topological polar surface area (TPSA) is 38.3 Å². The second-order valence-corrected chi connectivity index (χ2v) is 6.42. The van der Waals surface area contributed by atoms with Crippen LogP contribution in [0.5, 0.6) is 0 Å². The molecular weight excluding hydrogens is 234 g/mol. The standard InChI is InChI=1S/C13H19NO2S/c1-13(2,3)16-12(15)14-8-9-4-5-11-10(9)6-7-17-11/h6-7,9H,4-5,8H2,1-3H3,(H,14,15). The number of amides is 1. The van der Waals surface area contributed by atoms with Gasteiger partial charge in [0, 0.05) is 17.3 Å². The van der Waals surface area contributed by atoms with E-state index in [0.717, 1.165) is 12.8 Å². The van der Waals surface area contributed by atoms with Gasteiger partial charge in [0.05, 0.1) is 0 Å². The normalized spacial score (nSPS) is 18.9. The Morgan fingerprint density at radius 3 is 3.06 bits per heavy atom. The quantitative estimate of drug-likeness (QED) is 0.878. The van der Waals surface area contributed by atoms with E-state index < -0.39 is 5.60 Å². The van der Waals surface area contributed by atoms with Crippen molar-refractivity contribution in [3.63, 3.8) is 0 Å². The van der Waals surface area contributed by atoms with E-state index in [9.17, 15) is 4.79 Å². The maximum atomic E-state index is 11.5. The van der Waals surface area contributed by atoms with Gasteiger partial charge in [-0.25, -0.2) is 4.79 Å². The lowest BCUT2D eigenvalue weighted by molar-refractivity contribution is 0.0524. The van der Waals surface area contributed by atoms with E-state index in [1.54, 1.807) is 0 Å². The van der Waals surface area contributed by atoms with E-state index in [0.29, 0.717) is 12.5 Å². The molecule has 1 amide bonds. The van der Waals surface area contributed by atoms with Gasteiger partial charge in [-0.2, -0.15) is 0 Å². The number of rotatable bonds is 2. The summed E-state index contributed by atoms with van der Waals surface area (Å²) in [4.78, 5) is 13.0.